The summed E-state index contributed by atoms with van der Waals surface area (Å²) in [6.45, 7) is 5.89. The molecule has 0 aliphatic heterocycles. The lowest BCUT2D eigenvalue weighted by atomic mass is 9.47. The fraction of sp³-hybridized carbons (Fsp3) is 0.636. The van der Waals surface area contributed by atoms with Gasteiger partial charge in [-0.2, -0.15) is 0 Å². The van der Waals surface area contributed by atoms with Crippen LogP contribution in [0.25, 0.3) is 0 Å². The quantitative estimate of drug-likeness (QED) is 0.746. The second-order valence-corrected chi connectivity index (χ2v) is 9.73. The molecule has 4 bridgehead atoms. The highest BCUT2D eigenvalue weighted by atomic mass is 16.2. The Hall–Kier alpha value is -2.04. The molecule has 27 heavy (non-hydrogen) atoms. The summed E-state index contributed by atoms with van der Waals surface area (Å²) in [5.74, 6) is 1.24. The molecule has 4 N–H and O–H groups in total. The van der Waals surface area contributed by atoms with E-state index in [4.69, 9.17) is 5.73 Å². The third-order valence-electron chi connectivity index (χ3n) is 7.14. The second kappa shape index (κ2) is 6.25. The van der Waals surface area contributed by atoms with E-state index < -0.39 is 5.54 Å². The van der Waals surface area contributed by atoms with Crippen LogP contribution < -0.4 is 16.4 Å². The van der Waals surface area contributed by atoms with Gasteiger partial charge in [-0.05, 0) is 88.3 Å². The van der Waals surface area contributed by atoms with Gasteiger partial charge < -0.3 is 16.4 Å². The normalized spacial score (nSPS) is 34.3. The van der Waals surface area contributed by atoms with Crippen LogP contribution in [0.5, 0.6) is 0 Å². The summed E-state index contributed by atoms with van der Waals surface area (Å²) < 4.78 is 0. The monoisotopic (exact) mass is 369 g/mol. The highest BCUT2D eigenvalue weighted by molar-refractivity contribution is 5.89. The van der Waals surface area contributed by atoms with E-state index in [9.17, 15) is 9.59 Å². The number of aryl methyl sites for hydroxylation is 1. The molecule has 0 aromatic heterocycles. The van der Waals surface area contributed by atoms with Crippen molar-refractivity contribution in [2.75, 3.05) is 5.32 Å². The molecular weight excluding hydrogens is 338 g/mol. The largest absolute Gasteiger partial charge is 0.372 e. The molecule has 0 radical (unpaired) electrons. The molecule has 5 nitrogen and oxygen atoms in total. The van der Waals surface area contributed by atoms with Gasteiger partial charge in [-0.25, -0.2) is 0 Å². The van der Waals surface area contributed by atoms with Crippen molar-refractivity contribution >= 4 is 17.5 Å². The van der Waals surface area contributed by atoms with E-state index in [2.05, 4.69) is 16.7 Å². The van der Waals surface area contributed by atoms with Crippen LogP contribution in [0.2, 0.25) is 0 Å². The molecule has 5 rings (SSSR count). The zero-order chi connectivity index (χ0) is 19.4. The summed E-state index contributed by atoms with van der Waals surface area (Å²) in [4.78, 5) is 25.2. The van der Waals surface area contributed by atoms with Gasteiger partial charge >= 0.3 is 0 Å². The van der Waals surface area contributed by atoms with Crippen LogP contribution in [0, 0.1) is 30.1 Å². The first-order valence-electron chi connectivity index (χ1n) is 10.1. The van der Waals surface area contributed by atoms with Crippen LogP contribution in [0.4, 0.5) is 5.69 Å². The first kappa shape index (κ1) is 18.3. The maximum absolute atomic E-state index is 13.1. The Kier molecular flexibility index (Phi) is 4.24. The molecule has 2 atom stereocenters. The first-order valence-corrected chi connectivity index (χ1v) is 10.1. The van der Waals surface area contributed by atoms with Gasteiger partial charge in [0.15, 0.2) is 0 Å². The first-order chi connectivity index (χ1) is 12.7. The lowest BCUT2D eigenvalue weighted by Gasteiger charge is -2.59. The van der Waals surface area contributed by atoms with Crippen LogP contribution in [-0.2, 0) is 9.59 Å². The van der Waals surface area contributed by atoms with E-state index >= 15 is 0 Å². The van der Waals surface area contributed by atoms with E-state index in [1.54, 1.807) is 0 Å². The Morgan fingerprint density at radius 2 is 1.81 bits per heavy atom. The molecule has 4 saturated carbocycles. The number of anilines is 1. The van der Waals surface area contributed by atoms with Gasteiger partial charge in [0.25, 0.3) is 0 Å². The Labute approximate surface area is 161 Å². The van der Waals surface area contributed by atoms with Gasteiger partial charge in [-0.1, -0.05) is 12.1 Å². The number of hydrogen-bond donors (Lipinski definition) is 3. The molecule has 4 fully saturated rings. The number of hydrogen-bond acceptors (Lipinski definition) is 3. The maximum Gasteiger partial charge on any atom is 0.245 e. The number of carbonyl (C=O) groups excluding carboxylic acids is 2. The van der Waals surface area contributed by atoms with Crippen LogP contribution in [-0.4, -0.2) is 23.4 Å². The molecule has 146 valence electrons. The number of nitrogens with one attached hydrogen (secondary N) is 2. The number of carbonyl (C=O) groups is 2. The maximum atomic E-state index is 13.1. The molecule has 0 spiro atoms. The fourth-order valence-electron chi connectivity index (χ4n) is 6.03. The lowest BCUT2D eigenvalue weighted by molar-refractivity contribution is -0.147. The molecule has 4 aliphatic rings. The third-order valence-corrected chi connectivity index (χ3v) is 7.14. The van der Waals surface area contributed by atoms with Crippen LogP contribution in [0.1, 0.15) is 51.5 Å². The molecule has 1 aromatic carbocycles. The van der Waals surface area contributed by atoms with E-state index in [-0.39, 0.29) is 23.3 Å². The summed E-state index contributed by atoms with van der Waals surface area (Å²) >= 11 is 0. The Morgan fingerprint density at radius 1 is 1.15 bits per heavy atom. The summed E-state index contributed by atoms with van der Waals surface area (Å²) in [5, 5.41) is 6.71. The van der Waals surface area contributed by atoms with Gasteiger partial charge in [0, 0.05) is 17.1 Å². The molecule has 0 saturated heterocycles. The second-order valence-electron chi connectivity index (χ2n) is 9.73. The van der Waals surface area contributed by atoms with Crippen molar-refractivity contribution in [3.63, 3.8) is 0 Å². The Morgan fingerprint density at radius 3 is 2.41 bits per heavy atom. The number of benzene rings is 1. The summed E-state index contributed by atoms with van der Waals surface area (Å²) in [5.41, 5.74) is 6.87. The Balaban J connectivity index is 1.46. The van der Waals surface area contributed by atoms with Crippen molar-refractivity contribution in [2.45, 2.75) is 64.5 Å². The van der Waals surface area contributed by atoms with Crippen molar-refractivity contribution in [1.29, 1.82) is 0 Å². The standard InChI is InChI=1S/C22H31N3O2/c1-13-5-4-6-17(7-13)25-21(2,3)20(27)24-18-15-8-14-9-16(18)12-22(10-14,11-15)19(23)26/h4-7,14-16,18,25H,8-12H2,1-3H3,(H2,23,26)(H,24,27). The van der Waals surface area contributed by atoms with E-state index in [0.717, 1.165) is 43.4 Å². The number of primary amides is 1. The van der Waals surface area contributed by atoms with Crippen molar-refractivity contribution in [3.8, 4) is 0 Å². The van der Waals surface area contributed by atoms with E-state index in [1.807, 2.05) is 39.0 Å². The minimum absolute atomic E-state index is 0.0228. The van der Waals surface area contributed by atoms with E-state index in [0.29, 0.717) is 17.8 Å². The molecule has 2 amide bonds. The SMILES string of the molecule is Cc1cccc(NC(C)(C)C(=O)NC2C3CC4CC2CC(C(N)=O)(C4)C3)c1. The van der Waals surface area contributed by atoms with Crippen molar-refractivity contribution in [2.24, 2.45) is 28.9 Å². The number of rotatable bonds is 5. The average Bonchev–Trinajstić information content (AvgIpc) is 2.56. The highest BCUT2D eigenvalue weighted by Gasteiger charge is 2.58. The number of nitrogens with two attached hydrogens (primary N) is 1. The van der Waals surface area contributed by atoms with Gasteiger partial charge in [-0.3, -0.25) is 9.59 Å². The summed E-state index contributed by atoms with van der Waals surface area (Å²) in [7, 11) is 0. The van der Waals surface area contributed by atoms with E-state index in [1.165, 1.54) is 0 Å². The molecular formula is C22H31N3O2. The zero-order valence-corrected chi connectivity index (χ0v) is 16.5. The highest BCUT2D eigenvalue weighted by Crippen LogP contribution is 2.59. The average molecular weight is 370 g/mol. The van der Waals surface area contributed by atoms with Gasteiger partial charge in [0.1, 0.15) is 5.54 Å². The lowest BCUT2D eigenvalue weighted by Crippen LogP contribution is -2.64. The van der Waals surface area contributed by atoms with Crippen molar-refractivity contribution in [1.82, 2.24) is 5.32 Å². The molecule has 4 aliphatic carbocycles. The fourth-order valence-corrected chi connectivity index (χ4v) is 6.03. The van der Waals surface area contributed by atoms with Crippen LogP contribution in [0.3, 0.4) is 0 Å². The number of amides is 2. The van der Waals surface area contributed by atoms with Gasteiger partial charge in [0.2, 0.25) is 11.8 Å². The summed E-state index contributed by atoms with van der Waals surface area (Å²) in [6.07, 6.45) is 4.86. The third kappa shape index (κ3) is 3.21. The smallest absolute Gasteiger partial charge is 0.245 e. The minimum Gasteiger partial charge on any atom is -0.372 e. The topological polar surface area (TPSA) is 84.2 Å². The Bertz CT molecular complexity index is 757. The molecule has 0 heterocycles. The minimum atomic E-state index is -0.705. The predicted octanol–water partition coefficient (Wildman–Crippen LogP) is 2.98. The molecule has 5 heteroatoms. The molecule has 2 unspecified atom stereocenters. The molecule has 1 aromatic rings. The van der Waals surface area contributed by atoms with Crippen LogP contribution >= 0.6 is 0 Å². The summed E-state index contributed by atoms with van der Waals surface area (Å²) in [6, 6.07) is 8.24. The zero-order valence-electron chi connectivity index (χ0n) is 16.5. The van der Waals surface area contributed by atoms with Crippen molar-refractivity contribution < 1.29 is 9.59 Å². The predicted molar refractivity (Wildman–Crippen MR) is 106 cm³/mol. The van der Waals surface area contributed by atoms with Gasteiger partial charge in [0.05, 0.1) is 0 Å². The van der Waals surface area contributed by atoms with Crippen LogP contribution in [0.15, 0.2) is 24.3 Å². The van der Waals surface area contributed by atoms with Crippen molar-refractivity contribution in [3.05, 3.63) is 29.8 Å². The van der Waals surface area contributed by atoms with Gasteiger partial charge in [-0.15, -0.1) is 0 Å².